The van der Waals surface area contributed by atoms with Crippen molar-refractivity contribution < 1.29 is 0 Å². The van der Waals surface area contributed by atoms with Crippen molar-refractivity contribution in [2.45, 2.75) is 0 Å². The number of nitrogens with one attached hydrogen (secondary N) is 2. The highest BCUT2D eigenvalue weighted by molar-refractivity contribution is 5.56. The Kier molecular flexibility index (Phi) is 3.35. The van der Waals surface area contributed by atoms with Crippen LogP contribution >= 0.6 is 0 Å². The molecule has 0 aliphatic carbocycles. The highest BCUT2D eigenvalue weighted by Crippen LogP contribution is 2.19. The maximum atomic E-state index is 11.7. The van der Waals surface area contributed by atoms with Gasteiger partial charge >= 0.3 is 5.69 Å². The summed E-state index contributed by atoms with van der Waals surface area (Å²) in [5.41, 5.74) is 6.53. The minimum absolute atomic E-state index is 0.252. The Morgan fingerprint density at radius 1 is 1.10 bits per heavy atom. The zero-order chi connectivity index (χ0) is 14.8. The summed E-state index contributed by atoms with van der Waals surface area (Å²) in [5, 5.41) is 6.07. The number of aromatic nitrogens is 3. The van der Waals surface area contributed by atoms with Crippen molar-refractivity contribution in [3.8, 4) is 0 Å². The van der Waals surface area contributed by atoms with Crippen molar-refractivity contribution in [3.63, 3.8) is 0 Å². The molecule has 21 heavy (non-hydrogen) atoms. The van der Waals surface area contributed by atoms with Crippen LogP contribution in [0.2, 0.25) is 0 Å². The Morgan fingerprint density at radius 3 is 2.48 bits per heavy atom. The van der Waals surface area contributed by atoms with E-state index in [2.05, 4.69) is 20.1 Å². The summed E-state index contributed by atoms with van der Waals surface area (Å²) in [4.78, 5) is 29.0. The first-order valence-corrected chi connectivity index (χ1v) is 6.68. The number of rotatable bonds is 2. The van der Waals surface area contributed by atoms with Gasteiger partial charge in [-0.3, -0.25) is 9.78 Å². The fraction of sp³-hybridized carbons (Fsp3) is 0.308. The van der Waals surface area contributed by atoms with E-state index in [0.717, 1.165) is 24.5 Å². The van der Waals surface area contributed by atoms with Gasteiger partial charge in [0.25, 0.3) is 5.56 Å². The Morgan fingerprint density at radius 2 is 1.81 bits per heavy atom. The SMILES string of the molecule is Nc1cccc(N2CCN(c3n[nH]c(=O)[nH]c3=O)CC2)c1. The minimum atomic E-state index is -0.595. The quantitative estimate of drug-likeness (QED) is 0.634. The molecule has 0 unspecified atom stereocenters. The van der Waals surface area contributed by atoms with Crippen molar-refractivity contribution in [3.05, 3.63) is 45.1 Å². The fourth-order valence-electron chi connectivity index (χ4n) is 2.45. The summed E-state index contributed by atoms with van der Waals surface area (Å²) in [6, 6.07) is 7.71. The van der Waals surface area contributed by atoms with Gasteiger partial charge in [0.15, 0.2) is 0 Å². The molecule has 1 fully saturated rings. The van der Waals surface area contributed by atoms with Gasteiger partial charge in [0.2, 0.25) is 5.82 Å². The average Bonchev–Trinajstić information content (AvgIpc) is 2.47. The van der Waals surface area contributed by atoms with Gasteiger partial charge in [-0.15, -0.1) is 5.10 Å². The normalized spacial score (nSPS) is 15.2. The van der Waals surface area contributed by atoms with Crippen molar-refractivity contribution in [1.29, 1.82) is 0 Å². The summed E-state index contributed by atoms with van der Waals surface area (Å²) in [6.07, 6.45) is 0. The van der Waals surface area contributed by atoms with Crippen LogP contribution in [0.4, 0.5) is 17.2 Å². The van der Waals surface area contributed by atoms with E-state index in [9.17, 15) is 9.59 Å². The minimum Gasteiger partial charge on any atom is -0.399 e. The molecule has 0 saturated carbocycles. The van der Waals surface area contributed by atoms with Gasteiger partial charge < -0.3 is 15.5 Å². The van der Waals surface area contributed by atoms with E-state index < -0.39 is 11.2 Å². The lowest BCUT2D eigenvalue weighted by atomic mass is 10.2. The van der Waals surface area contributed by atoms with E-state index in [0.29, 0.717) is 13.1 Å². The predicted molar refractivity (Wildman–Crippen MR) is 80.8 cm³/mol. The Labute approximate surface area is 120 Å². The summed E-state index contributed by atoms with van der Waals surface area (Å²) < 4.78 is 0. The largest absolute Gasteiger partial charge is 0.399 e. The molecule has 8 nitrogen and oxygen atoms in total. The first-order chi connectivity index (χ1) is 10.1. The first kappa shape index (κ1) is 13.2. The number of nitrogen functional groups attached to an aromatic ring is 1. The lowest BCUT2D eigenvalue weighted by Gasteiger charge is -2.36. The molecule has 2 aromatic rings. The summed E-state index contributed by atoms with van der Waals surface area (Å²) in [5.74, 6) is 0.252. The molecule has 1 aliphatic heterocycles. The smallest absolute Gasteiger partial charge is 0.342 e. The topological polar surface area (TPSA) is 111 Å². The van der Waals surface area contributed by atoms with Gasteiger partial charge in [0.05, 0.1) is 0 Å². The highest BCUT2D eigenvalue weighted by Gasteiger charge is 2.20. The fourth-order valence-corrected chi connectivity index (χ4v) is 2.45. The molecule has 8 heteroatoms. The van der Waals surface area contributed by atoms with E-state index in [1.807, 2.05) is 29.2 Å². The highest BCUT2D eigenvalue weighted by atomic mass is 16.2. The molecule has 0 amide bonds. The molecule has 1 saturated heterocycles. The summed E-state index contributed by atoms with van der Waals surface area (Å²) in [7, 11) is 0. The third-order valence-corrected chi connectivity index (χ3v) is 3.51. The van der Waals surface area contributed by atoms with Crippen LogP contribution in [0, 0.1) is 0 Å². The Balaban J connectivity index is 1.73. The zero-order valence-electron chi connectivity index (χ0n) is 11.4. The van der Waals surface area contributed by atoms with Gasteiger partial charge in [-0.2, -0.15) is 0 Å². The van der Waals surface area contributed by atoms with E-state index in [1.54, 1.807) is 0 Å². The van der Waals surface area contributed by atoms with Gasteiger partial charge in [-0.1, -0.05) is 6.07 Å². The maximum Gasteiger partial charge on any atom is 0.342 e. The molecular weight excluding hydrogens is 272 g/mol. The molecule has 0 spiro atoms. The van der Waals surface area contributed by atoms with Gasteiger partial charge in [-0.05, 0) is 18.2 Å². The van der Waals surface area contributed by atoms with E-state index in [-0.39, 0.29) is 5.82 Å². The number of nitrogens with two attached hydrogens (primary N) is 1. The lowest BCUT2D eigenvalue weighted by Crippen LogP contribution is -2.49. The van der Waals surface area contributed by atoms with Gasteiger partial charge in [-0.25, -0.2) is 9.89 Å². The Bertz CT molecular complexity index is 745. The monoisotopic (exact) mass is 288 g/mol. The van der Waals surface area contributed by atoms with E-state index >= 15 is 0 Å². The van der Waals surface area contributed by atoms with Crippen molar-refractivity contribution >= 4 is 17.2 Å². The zero-order valence-corrected chi connectivity index (χ0v) is 11.4. The molecule has 110 valence electrons. The van der Waals surface area contributed by atoms with Gasteiger partial charge in [0.1, 0.15) is 0 Å². The summed E-state index contributed by atoms with van der Waals surface area (Å²) in [6.45, 7) is 2.81. The summed E-state index contributed by atoms with van der Waals surface area (Å²) >= 11 is 0. The van der Waals surface area contributed by atoms with Crippen LogP contribution in [0.25, 0.3) is 0 Å². The van der Waals surface area contributed by atoms with Crippen LogP contribution in [0.15, 0.2) is 33.9 Å². The van der Waals surface area contributed by atoms with Crippen LogP contribution in [0.3, 0.4) is 0 Å². The van der Waals surface area contributed by atoms with Crippen LogP contribution in [-0.2, 0) is 0 Å². The van der Waals surface area contributed by atoms with Crippen molar-refractivity contribution in [2.75, 3.05) is 41.7 Å². The molecule has 2 heterocycles. The number of piperazine rings is 1. The standard InChI is InChI=1S/C13H16N6O2/c14-9-2-1-3-10(8-9)18-4-6-19(7-5-18)11-12(20)15-13(21)17-16-11/h1-3,8H,4-7,14H2,(H2,15,17,20,21). The van der Waals surface area contributed by atoms with E-state index in [1.165, 1.54) is 0 Å². The number of anilines is 3. The van der Waals surface area contributed by atoms with Crippen molar-refractivity contribution in [1.82, 2.24) is 15.2 Å². The second-order valence-corrected chi connectivity index (χ2v) is 4.90. The average molecular weight is 288 g/mol. The third-order valence-electron chi connectivity index (χ3n) is 3.51. The molecule has 3 rings (SSSR count). The molecular formula is C13H16N6O2. The lowest BCUT2D eigenvalue weighted by molar-refractivity contribution is 0.637. The number of H-pyrrole nitrogens is 2. The number of hydrogen-bond donors (Lipinski definition) is 3. The van der Waals surface area contributed by atoms with Crippen LogP contribution in [-0.4, -0.2) is 41.4 Å². The molecule has 1 aromatic heterocycles. The second kappa shape index (κ2) is 5.31. The number of hydrogen-bond acceptors (Lipinski definition) is 6. The number of benzene rings is 1. The molecule has 1 aromatic carbocycles. The van der Waals surface area contributed by atoms with Gasteiger partial charge in [0, 0.05) is 37.6 Å². The molecule has 4 N–H and O–H groups in total. The molecule has 0 radical (unpaired) electrons. The first-order valence-electron chi connectivity index (χ1n) is 6.68. The van der Waals surface area contributed by atoms with Crippen LogP contribution in [0.1, 0.15) is 0 Å². The Hall–Kier alpha value is -2.77. The van der Waals surface area contributed by atoms with Crippen LogP contribution < -0.4 is 26.8 Å². The number of aromatic amines is 2. The van der Waals surface area contributed by atoms with Crippen LogP contribution in [0.5, 0.6) is 0 Å². The molecule has 0 atom stereocenters. The molecule has 1 aliphatic rings. The predicted octanol–water partition coefficient (Wildman–Crippen LogP) is -0.633. The maximum absolute atomic E-state index is 11.7. The van der Waals surface area contributed by atoms with Crippen molar-refractivity contribution in [2.24, 2.45) is 0 Å². The third kappa shape index (κ3) is 2.73. The van der Waals surface area contributed by atoms with E-state index in [4.69, 9.17) is 5.73 Å². The molecule has 0 bridgehead atoms. The number of nitrogens with zero attached hydrogens (tertiary/aromatic N) is 3. The second-order valence-electron chi connectivity index (χ2n) is 4.90.